The van der Waals surface area contributed by atoms with Gasteiger partial charge in [0.25, 0.3) is 0 Å². The van der Waals surface area contributed by atoms with E-state index in [0.717, 1.165) is 5.56 Å². The summed E-state index contributed by atoms with van der Waals surface area (Å²) in [5.41, 5.74) is 7.24. The molecule has 1 aromatic carbocycles. The molecule has 0 aliphatic carbocycles. The number of aliphatic imine (C=N–C) groups is 1. The number of amides is 2. The van der Waals surface area contributed by atoms with E-state index in [2.05, 4.69) is 10.3 Å². The first-order valence-electron chi connectivity index (χ1n) is 6.42. The standard InChI is InChI=1S/C14H21ClN4O/c1-9(2)8-17-13(16)18-14(20)19(4)12-10(3)6-5-7-11(12)15/h5-7,9H,8H2,1-4H3,(H3,16,17,18,20). The molecule has 110 valence electrons. The van der Waals surface area contributed by atoms with Gasteiger partial charge in [-0.25, -0.2) is 4.79 Å². The lowest BCUT2D eigenvalue weighted by Gasteiger charge is -2.21. The molecule has 0 saturated heterocycles. The minimum absolute atomic E-state index is 0.111. The molecule has 1 aromatic rings. The maximum absolute atomic E-state index is 12.1. The lowest BCUT2D eigenvalue weighted by atomic mass is 10.2. The fourth-order valence-electron chi connectivity index (χ4n) is 1.66. The topological polar surface area (TPSA) is 70.7 Å². The quantitative estimate of drug-likeness (QED) is 0.665. The Labute approximate surface area is 124 Å². The molecule has 0 unspecified atom stereocenters. The molecular formula is C14H21ClN4O. The number of urea groups is 1. The Morgan fingerprint density at radius 1 is 1.50 bits per heavy atom. The number of hydrogen-bond donors (Lipinski definition) is 2. The van der Waals surface area contributed by atoms with Crippen molar-refractivity contribution in [2.24, 2.45) is 16.6 Å². The third kappa shape index (κ3) is 4.42. The van der Waals surface area contributed by atoms with Crippen molar-refractivity contribution in [1.82, 2.24) is 5.32 Å². The van der Waals surface area contributed by atoms with Crippen LogP contribution in [0.3, 0.4) is 0 Å². The minimum atomic E-state index is -0.369. The fourth-order valence-corrected chi connectivity index (χ4v) is 2.01. The molecule has 5 nitrogen and oxygen atoms in total. The number of rotatable bonds is 3. The summed E-state index contributed by atoms with van der Waals surface area (Å²) >= 11 is 6.12. The van der Waals surface area contributed by atoms with Crippen LogP contribution in [0.2, 0.25) is 5.02 Å². The molecule has 2 amide bonds. The number of para-hydroxylation sites is 1. The summed E-state index contributed by atoms with van der Waals surface area (Å²) in [7, 11) is 1.64. The zero-order valence-corrected chi connectivity index (χ0v) is 13.0. The number of aryl methyl sites for hydroxylation is 1. The van der Waals surface area contributed by atoms with E-state index in [1.54, 1.807) is 13.1 Å². The number of nitrogens with two attached hydrogens (primary N) is 1. The second-order valence-electron chi connectivity index (χ2n) is 5.01. The number of halogens is 1. The van der Waals surface area contributed by atoms with Crippen molar-refractivity contribution >= 4 is 29.3 Å². The smallest absolute Gasteiger partial charge is 0.328 e. The minimum Gasteiger partial charge on any atom is -0.370 e. The van der Waals surface area contributed by atoms with Crippen molar-refractivity contribution in [2.75, 3.05) is 18.5 Å². The van der Waals surface area contributed by atoms with Gasteiger partial charge in [0.05, 0.1) is 10.7 Å². The molecule has 1 rings (SSSR count). The summed E-state index contributed by atoms with van der Waals surface area (Å²) in [5, 5.41) is 3.06. The number of hydrogen-bond acceptors (Lipinski definition) is 2. The Morgan fingerprint density at radius 3 is 2.70 bits per heavy atom. The molecule has 3 N–H and O–H groups in total. The average molecular weight is 297 g/mol. The fraction of sp³-hybridized carbons (Fsp3) is 0.429. The molecular weight excluding hydrogens is 276 g/mol. The third-order valence-corrected chi connectivity index (χ3v) is 3.00. The molecule has 6 heteroatoms. The number of guanidine groups is 1. The monoisotopic (exact) mass is 296 g/mol. The van der Waals surface area contributed by atoms with E-state index in [1.165, 1.54) is 4.90 Å². The van der Waals surface area contributed by atoms with Crippen molar-refractivity contribution in [2.45, 2.75) is 20.8 Å². The van der Waals surface area contributed by atoms with Crippen LogP contribution >= 0.6 is 11.6 Å². The van der Waals surface area contributed by atoms with E-state index in [0.29, 0.717) is 23.2 Å². The van der Waals surface area contributed by atoms with E-state index in [-0.39, 0.29) is 12.0 Å². The molecule has 0 atom stereocenters. The second-order valence-corrected chi connectivity index (χ2v) is 5.42. The van der Waals surface area contributed by atoms with Crippen LogP contribution in [-0.4, -0.2) is 25.6 Å². The van der Waals surface area contributed by atoms with Crippen LogP contribution in [0.4, 0.5) is 10.5 Å². The van der Waals surface area contributed by atoms with Gasteiger partial charge in [-0.05, 0) is 24.5 Å². The summed E-state index contributed by atoms with van der Waals surface area (Å²) in [6.07, 6.45) is 0. The third-order valence-electron chi connectivity index (χ3n) is 2.69. The lowest BCUT2D eigenvalue weighted by molar-refractivity contribution is 0.251. The highest BCUT2D eigenvalue weighted by Gasteiger charge is 2.16. The van der Waals surface area contributed by atoms with Gasteiger partial charge < -0.3 is 5.73 Å². The summed E-state index contributed by atoms with van der Waals surface area (Å²) in [5.74, 6) is 0.495. The zero-order chi connectivity index (χ0) is 15.3. The van der Waals surface area contributed by atoms with Gasteiger partial charge in [-0.3, -0.25) is 15.2 Å². The molecule has 0 aliphatic rings. The molecule has 0 saturated carbocycles. The Balaban J connectivity index is 2.80. The lowest BCUT2D eigenvalue weighted by Crippen LogP contribution is -2.44. The van der Waals surface area contributed by atoms with Gasteiger partial charge in [-0.2, -0.15) is 0 Å². The highest BCUT2D eigenvalue weighted by atomic mass is 35.5. The number of carbonyl (C=O) groups is 1. The van der Waals surface area contributed by atoms with Crippen molar-refractivity contribution in [3.8, 4) is 0 Å². The van der Waals surface area contributed by atoms with Crippen molar-refractivity contribution in [3.63, 3.8) is 0 Å². The highest BCUT2D eigenvalue weighted by molar-refractivity contribution is 6.34. The van der Waals surface area contributed by atoms with Crippen LogP contribution in [0.15, 0.2) is 23.2 Å². The predicted molar refractivity (Wildman–Crippen MR) is 84.5 cm³/mol. The number of nitrogens with one attached hydrogen (secondary N) is 1. The largest absolute Gasteiger partial charge is 0.370 e. The van der Waals surface area contributed by atoms with Gasteiger partial charge in [0.1, 0.15) is 0 Å². The van der Waals surface area contributed by atoms with Crippen LogP contribution in [0.5, 0.6) is 0 Å². The first-order chi connectivity index (χ1) is 9.32. The number of benzene rings is 1. The zero-order valence-electron chi connectivity index (χ0n) is 12.3. The maximum Gasteiger partial charge on any atom is 0.328 e. The van der Waals surface area contributed by atoms with Gasteiger partial charge in [0.15, 0.2) is 5.96 Å². The molecule has 0 aromatic heterocycles. The molecule has 0 fully saturated rings. The molecule has 20 heavy (non-hydrogen) atoms. The SMILES string of the molecule is Cc1cccc(Cl)c1N(C)C(=O)NC(N)=NCC(C)C. The van der Waals surface area contributed by atoms with Crippen molar-refractivity contribution in [3.05, 3.63) is 28.8 Å². The molecule has 0 radical (unpaired) electrons. The second kappa shape index (κ2) is 7.14. The number of anilines is 1. The van der Waals surface area contributed by atoms with E-state index in [4.69, 9.17) is 17.3 Å². The van der Waals surface area contributed by atoms with E-state index in [1.807, 2.05) is 32.9 Å². The normalized spacial score (nSPS) is 11.6. The Kier molecular flexibility index (Phi) is 5.82. The molecule has 0 aliphatic heterocycles. The van der Waals surface area contributed by atoms with Crippen LogP contribution < -0.4 is 16.0 Å². The molecule has 0 spiro atoms. The molecule has 0 heterocycles. The first-order valence-corrected chi connectivity index (χ1v) is 6.80. The van der Waals surface area contributed by atoms with Gasteiger partial charge in [0.2, 0.25) is 0 Å². The number of carbonyl (C=O) groups excluding carboxylic acids is 1. The van der Waals surface area contributed by atoms with E-state index < -0.39 is 0 Å². The van der Waals surface area contributed by atoms with Crippen LogP contribution in [0, 0.1) is 12.8 Å². The Hall–Kier alpha value is -1.75. The summed E-state index contributed by atoms with van der Waals surface area (Å²) < 4.78 is 0. The van der Waals surface area contributed by atoms with Crippen molar-refractivity contribution in [1.29, 1.82) is 0 Å². The summed E-state index contributed by atoms with van der Waals surface area (Å²) in [4.78, 5) is 17.6. The summed E-state index contributed by atoms with van der Waals surface area (Å²) in [6, 6.07) is 5.10. The van der Waals surface area contributed by atoms with Crippen LogP contribution in [0.25, 0.3) is 0 Å². The highest BCUT2D eigenvalue weighted by Crippen LogP contribution is 2.28. The number of nitrogens with zero attached hydrogens (tertiary/aromatic N) is 2. The van der Waals surface area contributed by atoms with Crippen LogP contribution in [-0.2, 0) is 0 Å². The first kappa shape index (κ1) is 16.3. The van der Waals surface area contributed by atoms with Gasteiger partial charge in [-0.15, -0.1) is 0 Å². The van der Waals surface area contributed by atoms with Gasteiger partial charge >= 0.3 is 6.03 Å². The Bertz CT molecular complexity index is 494. The maximum atomic E-state index is 12.1. The average Bonchev–Trinajstić information content (AvgIpc) is 2.35. The van der Waals surface area contributed by atoms with Gasteiger partial charge in [0, 0.05) is 13.6 Å². The van der Waals surface area contributed by atoms with Crippen molar-refractivity contribution < 1.29 is 4.79 Å². The van der Waals surface area contributed by atoms with Gasteiger partial charge in [-0.1, -0.05) is 37.6 Å². The molecule has 0 bridgehead atoms. The Morgan fingerprint density at radius 2 is 2.15 bits per heavy atom. The van der Waals surface area contributed by atoms with E-state index >= 15 is 0 Å². The van der Waals surface area contributed by atoms with Crippen LogP contribution in [0.1, 0.15) is 19.4 Å². The van der Waals surface area contributed by atoms with E-state index in [9.17, 15) is 4.79 Å². The predicted octanol–water partition coefficient (Wildman–Crippen LogP) is 2.76. The summed E-state index contributed by atoms with van der Waals surface area (Å²) in [6.45, 7) is 6.51.